The van der Waals surface area contributed by atoms with Crippen LogP contribution in [0.1, 0.15) is 11.1 Å². The molecule has 0 saturated heterocycles. The molecule has 1 heterocycles. The molecular weight excluding hydrogens is 204 g/mol. The van der Waals surface area contributed by atoms with Gasteiger partial charge in [-0.1, -0.05) is 24.3 Å². The first-order chi connectivity index (χ1) is 7.81. The summed E-state index contributed by atoms with van der Waals surface area (Å²) in [5.41, 5.74) is 2.49. The predicted octanol–water partition coefficient (Wildman–Crippen LogP) is -0.191. The van der Waals surface area contributed by atoms with E-state index in [4.69, 9.17) is 5.11 Å². The maximum absolute atomic E-state index is 11.7. The van der Waals surface area contributed by atoms with Crippen molar-refractivity contribution in [2.45, 2.75) is 19.0 Å². The Hall–Kier alpha value is -1.39. The average molecular weight is 220 g/mol. The Morgan fingerprint density at radius 3 is 2.94 bits per heavy atom. The van der Waals surface area contributed by atoms with Crippen LogP contribution in [0.2, 0.25) is 0 Å². The molecule has 86 valence electrons. The van der Waals surface area contributed by atoms with E-state index in [-0.39, 0.29) is 18.6 Å². The Bertz CT molecular complexity index is 379. The van der Waals surface area contributed by atoms with Gasteiger partial charge in [0.05, 0.1) is 12.6 Å². The average Bonchev–Trinajstić information content (AvgIpc) is 2.35. The van der Waals surface area contributed by atoms with E-state index in [1.807, 2.05) is 12.1 Å². The van der Waals surface area contributed by atoms with Crippen molar-refractivity contribution in [2.75, 3.05) is 13.2 Å². The van der Waals surface area contributed by atoms with Crippen LogP contribution in [0, 0.1) is 0 Å². The molecular formula is C12H16N2O2. The predicted molar refractivity (Wildman–Crippen MR) is 60.9 cm³/mol. The van der Waals surface area contributed by atoms with Crippen molar-refractivity contribution in [2.24, 2.45) is 0 Å². The molecule has 4 nitrogen and oxygen atoms in total. The van der Waals surface area contributed by atoms with Gasteiger partial charge >= 0.3 is 0 Å². The molecule has 0 aliphatic carbocycles. The summed E-state index contributed by atoms with van der Waals surface area (Å²) in [4.78, 5) is 11.7. The van der Waals surface area contributed by atoms with E-state index >= 15 is 0 Å². The molecule has 2 rings (SSSR count). The molecule has 0 saturated carbocycles. The van der Waals surface area contributed by atoms with Crippen LogP contribution in [-0.4, -0.2) is 30.2 Å². The molecule has 4 heteroatoms. The number of benzene rings is 1. The molecule has 0 bridgehead atoms. The number of aliphatic hydroxyl groups excluding tert-OH is 1. The van der Waals surface area contributed by atoms with Gasteiger partial charge in [-0.3, -0.25) is 4.79 Å². The Kier molecular flexibility index (Phi) is 3.54. The standard InChI is InChI=1S/C12H16N2O2/c15-6-5-13-12(16)11-7-9-3-1-2-4-10(9)8-14-11/h1-4,11,14-15H,5-8H2,(H,13,16). The van der Waals surface area contributed by atoms with E-state index in [2.05, 4.69) is 22.8 Å². The van der Waals surface area contributed by atoms with Crippen molar-refractivity contribution in [3.8, 4) is 0 Å². The summed E-state index contributed by atoms with van der Waals surface area (Å²) in [7, 11) is 0. The van der Waals surface area contributed by atoms with Gasteiger partial charge in [0.2, 0.25) is 5.91 Å². The lowest BCUT2D eigenvalue weighted by Crippen LogP contribution is -2.48. The van der Waals surface area contributed by atoms with Crippen molar-refractivity contribution in [1.29, 1.82) is 0 Å². The lowest BCUT2D eigenvalue weighted by atomic mass is 9.95. The fourth-order valence-electron chi connectivity index (χ4n) is 1.94. The minimum absolute atomic E-state index is 0.0188. The Labute approximate surface area is 94.7 Å². The van der Waals surface area contributed by atoms with Crippen molar-refractivity contribution < 1.29 is 9.90 Å². The summed E-state index contributed by atoms with van der Waals surface area (Å²) in [5, 5.41) is 14.5. The Morgan fingerprint density at radius 1 is 1.44 bits per heavy atom. The fourth-order valence-corrected chi connectivity index (χ4v) is 1.94. The third kappa shape index (κ3) is 2.40. The van der Waals surface area contributed by atoms with E-state index in [9.17, 15) is 4.79 Å². The number of hydrogen-bond donors (Lipinski definition) is 3. The number of rotatable bonds is 3. The van der Waals surface area contributed by atoms with E-state index in [1.54, 1.807) is 0 Å². The number of carbonyl (C=O) groups excluding carboxylic acids is 1. The molecule has 1 aliphatic heterocycles. The van der Waals surface area contributed by atoms with Crippen molar-refractivity contribution >= 4 is 5.91 Å². The van der Waals surface area contributed by atoms with E-state index in [1.165, 1.54) is 11.1 Å². The first-order valence-corrected chi connectivity index (χ1v) is 5.50. The second-order valence-corrected chi connectivity index (χ2v) is 3.92. The number of fused-ring (bicyclic) bond motifs is 1. The van der Waals surface area contributed by atoms with E-state index in [0.29, 0.717) is 13.0 Å². The van der Waals surface area contributed by atoms with Gasteiger partial charge in [0, 0.05) is 13.1 Å². The van der Waals surface area contributed by atoms with Crippen LogP contribution in [0.4, 0.5) is 0 Å². The monoisotopic (exact) mass is 220 g/mol. The van der Waals surface area contributed by atoms with Gasteiger partial charge in [0.25, 0.3) is 0 Å². The van der Waals surface area contributed by atoms with Gasteiger partial charge in [-0.15, -0.1) is 0 Å². The molecule has 1 atom stereocenters. The van der Waals surface area contributed by atoms with Crippen LogP contribution in [0.3, 0.4) is 0 Å². The third-order valence-electron chi connectivity index (χ3n) is 2.81. The van der Waals surface area contributed by atoms with Crippen LogP contribution in [0.15, 0.2) is 24.3 Å². The highest BCUT2D eigenvalue weighted by atomic mass is 16.3. The summed E-state index contributed by atoms with van der Waals surface area (Å²) in [6, 6.07) is 7.95. The molecule has 16 heavy (non-hydrogen) atoms. The Morgan fingerprint density at radius 2 is 2.19 bits per heavy atom. The van der Waals surface area contributed by atoms with Crippen molar-refractivity contribution in [3.05, 3.63) is 35.4 Å². The number of nitrogens with one attached hydrogen (secondary N) is 2. The summed E-state index contributed by atoms with van der Waals surface area (Å²) >= 11 is 0. The molecule has 1 aliphatic rings. The van der Waals surface area contributed by atoms with Gasteiger partial charge in [-0.2, -0.15) is 0 Å². The fraction of sp³-hybridized carbons (Fsp3) is 0.417. The second kappa shape index (κ2) is 5.09. The summed E-state index contributed by atoms with van der Waals surface area (Å²) in [5.74, 6) is -0.0384. The van der Waals surface area contributed by atoms with Crippen LogP contribution in [0.5, 0.6) is 0 Å². The molecule has 1 unspecified atom stereocenters. The van der Waals surface area contributed by atoms with E-state index < -0.39 is 0 Å². The first-order valence-electron chi connectivity index (χ1n) is 5.50. The van der Waals surface area contributed by atoms with Crippen LogP contribution in [-0.2, 0) is 17.8 Å². The molecule has 0 radical (unpaired) electrons. The molecule has 1 amide bonds. The largest absolute Gasteiger partial charge is 0.395 e. The molecule has 1 aromatic rings. The van der Waals surface area contributed by atoms with Crippen molar-refractivity contribution in [1.82, 2.24) is 10.6 Å². The second-order valence-electron chi connectivity index (χ2n) is 3.92. The molecule has 0 aromatic heterocycles. The number of amides is 1. The summed E-state index contributed by atoms with van der Waals surface area (Å²) in [6.07, 6.45) is 0.716. The zero-order valence-electron chi connectivity index (χ0n) is 9.07. The lowest BCUT2D eigenvalue weighted by molar-refractivity contribution is -0.123. The number of hydrogen-bond acceptors (Lipinski definition) is 3. The van der Waals surface area contributed by atoms with E-state index in [0.717, 1.165) is 6.54 Å². The van der Waals surface area contributed by atoms with Gasteiger partial charge in [0.15, 0.2) is 0 Å². The molecule has 3 N–H and O–H groups in total. The topological polar surface area (TPSA) is 61.4 Å². The zero-order valence-corrected chi connectivity index (χ0v) is 9.07. The SMILES string of the molecule is O=C(NCCO)C1Cc2ccccc2CN1. The molecule has 0 fully saturated rings. The summed E-state index contributed by atoms with van der Waals surface area (Å²) < 4.78 is 0. The van der Waals surface area contributed by atoms with Gasteiger partial charge in [0.1, 0.15) is 0 Å². The summed E-state index contributed by atoms with van der Waals surface area (Å²) in [6.45, 7) is 1.03. The first kappa shape index (κ1) is 11.1. The smallest absolute Gasteiger partial charge is 0.237 e. The molecule has 0 spiro atoms. The van der Waals surface area contributed by atoms with Crippen LogP contribution < -0.4 is 10.6 Å². The zero-order chi connectivity index (χ0) is 11.4. The Balaban J connectivity index is 1.99. The maximum atomic E-state index is 11.7. The number of aliphatic hydroxyl groups is 1. The van der Waals surface area contributed by atoms with Crippen LogP contribution >= 0.6 is 0 Å². The molecule has 1 aromatic carbocycles. The minimum Gasteiger partial charge on any atom is -0.395 e. The lowest BCUT2D eigenvalue weighted by Gasteiger charge is -2.25. The van der Waals surface area contributed by atoms with Gasteiger partial charge in [-0.05, 0) is 17.5 Å². The highest BCUT2D eigenvalue weighted by Gasteiger charge is 2.23. The van der Waals surface area contributed by atoms with Crippen molar-refractivity contribution in [3.63, 3.8) is 0 Å². The number of carbonyl (C=O) groups is 1. The maximum Gasteiger partial charge on any atom is 0.237 e. The highest BCUT2D eigenvalue weighted by molar-refractivity contribution is 5.82. The quantitative estimate of drug-likeness (QED) is 0.661. The highest BCUT2D eigenvalue weighted by Crippen LogP contribution is 2.15. The minimum atomic E-state index is -0.179. The normalized spacial score (nSPS) is 18.9. The van der Waals surface area contributed by atoms with Gasteiger partial charge in [-0.25, -0.2) is 0 Å². The van der Waals surface area contributed by atoms with Gasteiger partial charge < -0.3 is 15.7 Å². The van der Waals surface area contributed by atoms with Crippen LogP contribution in [0.25, 0.3) is 0 Å². The third-order valence-corrected chi connectivity index (χ3v) is 2.81.